The van der Waals surface area contributed by atoms with E-state index in [2.05, 4.69) is 39.7 Å². The van der Waals surface area contributed by atoms with Gasteiger partial charge in [-0.05, 0) is 50.9 Å². The zero-order valence-electron chi connectivity index (χ0n) is 17.4. The lowest BCUT2D eigenvalue weighted by molar-refractivity contribution is -0.121. The lowest BCUT2D eigenvalue weighted by Crippen LogP contribution is -2.38. The van der Waals surface area contributed by atoms with Gasteiger partial charge in [-0.2, -0.15) is 0 Å². The number of likely N-dealkylation sites (tertiary alicyclic amines) is 1. The van der Waals surface area contributed by atoms with Crippen LogP contribution in [0.4, 0.5) is 5.69 Å². The Bertz CT molecular complexity index is 841. The molecule has 29 heavy (non-hydrogen) atoms. The van der Waals surface area contributed by atoms with Crippen LogP contribution in [0.3, 0.4) is 0 Å². The summed E-state index contributed by atoms with van der Waals surface area (Å²) in [6, 6.07) is 7.21. The molecule has 1 saturated heterocycles. The number of benzene rings is 1. The van der Waals surface area contributed by atoms with Crippen molar-refractivity contribution in [3.8, 4) is 0 Å². The van der Waals surface area contributed by atoms with E-state index in [0.717, 1.165) is 43.2 Å². The van der Waals surface area contributed by atoms with Gasteiger partial charge in [-0.25, -0.2) is 4.98 Å². The zero-order valence-corrected chi connectivity index (χ0v) is 18.2. The van der Waals surface area contributed by atoms with Gasteiger partial charge in [0, 0.05) is 24.4 Å². The number of amides is 2. The monoisotopic (exact) mass is 414 g/mol. The van der Waals surface area contributed by atoms with Crippen LogP contribution in [-0.2, 0) is 11.3 Å². The number of nitrogens with one attached hydrogen (secondary N) is 2. The maximum absolute atomic E-state index is 12.8. The largest absolute Gasteiger partial charge is 0.352 e. The van der Waals surface area contributed by atoms with Crippen LogP contribution in [-0.4, -0.2) is 41.3 Å². The fourth-order valence-electron chi connectivity index (χ4n) is 3.48. The van der Waals surface area contributed by atoms with Gasteiger partial charge in [-0.3, -0.25) is 14.5 Å². The van der Waals surface area contributed by atoms with Crippen molar-refractivity contribution in [1.29, 1.82) is 0 Å². The quantitative estimate of drug-likeness (QED) is 0.725. The predicted molar refractivity (Wildman–Crippen MR) is 117 cm³/mol. The molecule has 3 rings (SSSR count). The molecule has 0 atom stereocenters. The molecule has 2 amide bonds. The fraction of sp³-hybridized carbons (Fsp3) is 0.500. The molecule has 6 nitrogen and oxygen atoms in total. The van der Waals surface area contributed by atoms with Crippen LogP contribution < -0.4 is 10.6 Å². The molecular formula is C22H30N4O2S. The van der Waals surface area contributed by atoms with E-state index in [1.165, 1.54) is 0 Å². The minimum atomic E-state index is -0.150. The highest BCUT2D eigenvalue weighted by Crippen LogP contribution is 2.23. The Hall–Kier alpha value is -2.25. The van der Waals surface area contributed by atoms with E-state index in [9.17, 15) is 9.59 Å². The van der Waals surface area contributed by atoms with E-state index in [1.54, 1.807) is 23.5 Å². The van der Waals surface area contributed by atoms with Crippen molar-refractivity contribution in [2.24, 2.45) is 11.8 Å². The second-order valence-electron chi connectivity index (χ2n) is 8.05. The van der Waals surface area contributed by atoms with E-state index < -0.39 is 0 Å². The first-order valence-corrected chi connectivity index (χ1v) is 11.1. The van der Waals surface area contributed by atoms with Crippen molar-refractivity contribution in [1.82, 2.24) is 15.2 Å². The molecule has 0 spiro atoms. The second kappa shape index (κ2) is 9.98. The van der Waals surface area contributed by atoms with Crippen molar-refractivity contribution in [2.45, 2.75) is 40.2 Å². The number of thiazole rings is 1. The SMILES string of the molecule is Cc1nc(CN2CCC(C(=O)Nc3ccccc3C(=O)NCC(C)C)CC2)cs1. The van der Waals surface area contributed by atoms with Crippen LogP contribution >= 0.6 is 11.3 Å². The average Bonchev–Trinajstić information content (AvgIpc) is 3.11. The summed E-state index contributed by atoms with van der Waals surface area (Å²) in [6.45, 7) is 9.34. The summed E-state index contributed by atoms with van der Waals surface area (Å²) in [5.41, 5.74) is 2.20. The highest BCUT2D eigenvalue weighted by atomic mass is 32.1. The average molecular weight is 415 g/mol. The van der Waals surface area contributed by atoms with Gasteiger partial charge in [-0.1, -0.05) is 26.0 Å². The Morgan fingerprint density at radius 3 is 2.62 bits per heavy atom. The molecule has 0 bridgehead atoms. The molecule has 1 aliphatic rings. The summed E-state index contributed by atoms with van der Waals surface area (Å²) in [4.78, 5) is 32.2. The number of aryl methyl sites for hydroxylation is 1. The van der Waals surface area contributed by atoms with E-state index in [4.69, 9.17) is 0 Å². The van der Waals surface area contributed by atoms with Crippen LogP contribution in [0.2, 0.25) is 0 Å². The molecule has 1 fully saturated rings. The molecule has 2 heterocycles. The normalized spacial score (nSPS) is 15.4. The van der Waals surface area contributed by atoms with Crippen molar-refractivity contribution in [2.75, 3.05) is 25.0 Å². The molecule has 2 aromatic rings. The van der Waals surface area contributed by atoms with Gasteiger partial charge in [0.1, 0.15) is 0 Å². The Morgan fingerprint density at radius 1 is 1.24 bits per heavy atom. The Kier molecular flexibility index (Phi) is 7.39. The molecule has 2 N–H and O–H groups in total. The molecular weight excluding hydrogens is 384 g/mol. The molecule has 0 unspecified atom stereocenters. The fourth-order valence-corrected chi connectivity index (χ4v) is 4.08. The predicted octanol–water partition coefficient (Wildman–Crippen LogP) is 3.69. The number of rotatable bonds is 7. The highest BCUT2D eigenvalue weighted by Gasteiger charge is 2.26. The minimum absolute atomic E-state index is 0.00161. The number of carbonyl (C=O) groups is 2. The van der Waals surface area contributed by atoms with E-state index >= 15 is 0 Å². The van der Waals surface area contributed by atoms with Gasteiger partial charge in [0.25, 0.3) is 5.91 Å². The van der Waals surface area contributed by atoms with Crippen LogP contribution in [0.25, 0.3) is 0 Å². The third kappa shape index (κ3) is 6.11. The molecule has 0 saturated carbocycles. The molecule has 1 aromatic carbocycles. The lowest BCUT2D eigenvalue weighted by Gasteiger charge is -2.30. The number of para-hydroxylation sites is 1. The van der Waals surface area contributed by atoms with Crippen molar-refractivity contribution in [3.05, 3.63) is 45.9 Å². The van der Waals surface area contributed by atoms with Gasteiger partial charge in [0.05, 0.1) is 22.0 Å². The van der Waals surface area contributed by atoms with E-state index in [1.807, 2.05) is 19.1 Å². The number of anilines is 1. The maximum Gasteiger partial charge on any atom is 0.253 e. The van der Waals surface area contributed by atoms with Gasteiger partial charge >= 0.3 is 0 Å². The summed E-state index contributed by atoms with van der Waals surface area (Å²) < 4.78 is 0. The van der Waals surface area contributed by atoms with Gasteiger partial charge in [-0.15, -0.1) is 11.3 Å². The van der Waals surface area contributed by atoms with Gasteiger partial charge in [0.15, 0.2) is 0 Å². The Balaban J connectivity index is 1.54. The van der Waals surface area contributed by atoms with E-state index in [-0.39, 0.29) is 17.7 Å². The molecule has 0 radical (unpaired) electrons. The number of hydrogen-bond acceptors (Lipinski definition) is 5. The topological polar surface area (TPSA) is 74.3 Å². The minimum Gasteiger partial charge on any atom is -0.352 e. The van der Waals surface area contributed by atoms with Gasteiger partial charge < -0.3 is 10.6 Å². The number of nitrogens with zero attached hydrogens (tertiary/aromatic N) is 2. The lowest BCUT2D eigenvalue weighted by atomic mass is 9.95. The highest BCUT2D eigenvalue weighted by molar-refractivity contribution is 7.09. The standard InChI is InChI=1S/C22H30N4O2S/c1-15(2)12-23-22(28)19-6-4-5-7-20(19)25-21(27)17-8-10-26(11-9-17)13-18-14-29-16(3)24-18/h4-7,14-15,17H,8-13H2,1-3H3,(H,23,28)(H,25,27). The second-order valence-corrected chi connectivity index (χ2v) is 9.11. The number of piperidine rings is 1. The summed E-state index contributed by atoms with van der Waals surface area (Å²) in [5, 5.41) is 9.10. The number of carbonyl (C=O) groups excluding carboxylic acids is 2. The Labute approximate surface area is 176 Å². The first-order chi connectivity index (χ1) is 13.9. The third-order valence-electron chi connectivity index (χ3n) is 5.11. The summed E-state index contributed by atoms with van der Waals surface area (Å²) in [5.74, 6) is 0.190. The first-order valence-electron chi connectivity index (χ1n) is 10.2. The molecule has 1 aromatic heterocycles. The summed E-state index contributed by atoms with van der Waals surface area (Å²) in [7, 11) is 0. The molecule has 7 heteroatoms. The summed E-state index contributed by atoms with van der Waals surface area (Å²) in [6.07, 6.45) is 1.63. The van der Waals surface area contributed by atoms with Crippen LogP contribution in [0.5, 0.6) is 0 Å². The van der Waals surface area contributed by atoms with Crippen LogP contribution in [0.1, 0.15) is 47.7 Å². The zero-order chi connectivity index (χ0) is 20.8. The molecule has 156 valence electrons. The smallest absolute Gasteiger partial charge is 0.253 e. The van der Waals surface area contributed by atoms with E-state index in [0.29, 0.717) is 23.7 Å². The molecule has 1 aliphatic heterocycles. The Morgan fingerprint density at radius 2 is 1.97 bits per heavy atom. The van der Waals surface area contributed by atoms with Crippen molar-refractivity contribution >= 4 is 28.8 Å². The van der Waals surface area contributed by atoms with Crippen LogP contribution in [0, 0.1) is 18.8 Å². The van der Waals surface area contributed by atoms with Crippen LogP contribution in [0.15, 0.2) is 29.6 Å². The number of aromatic nitrogens is 1. The number of hydrogen-bond donors (Lipinski definition) is 2. The first kappa shape index (κ1) is 21.5. The maximum atomic E-state index is 12.8. The third-order valence-corrected chi connectivity index (χ3v) is 5.93. The van der Waals surface area contributed by atoms with Gasteiger partial charge in [0.2, 0.25) is 5.91 Å². The molecule has 0 aliphatic carbocycles. The summed E-state index contributed by atoms with van der Waals surface area (Å²) >= 11 is 1.67. The van der Waals surface area contributed by atoms with Crippen molar-refractivity contribution in [3.63, 3.8) is 0 Å². The van der Waals surface area contributed by atoms with Crippen molar-refractivity contribution < 1.29 is 9.59 Å².